The van der Waals surface area contributed by atoms with Gasteiger partial charge in [0.1, 0.15) is 0 Å². The first kappa shape index (κ1) is 24.1. The average Bonchev–Trinajstić information content (AvgIpc) is 3.15. The number of fused-ring (bicyclic) bond motifs is 1. The van der Waals surface area contributed by atoms with E-state index < -0.39 is 10.0 Å². The molecule has 0 saturated carbocycles. The molecule has 0 radical (unpaired) electrons. The molecule has 31 heavy (non-hydrogen) atoms. The van der Waals surface area contributed by atoms with Crippen LogP contribution in [0.25, 0.3) is 0 Å². The largest absolute Gasteiger partial charge is 0.298 e. The third-order valence-electron chi connectivity index (χ3n) is 5.78. The molecule has 2 aromatic rings. The molecule has 1 amide bonds. The number of hydrogen-bond acceptors (Lipinski definition) is 6. The molecule has 0 unspecified atom stereocenters. The van der Waals surface area contributed by atoms with Gasteiger partial charge in [0.15, 0.2) is 5.13 Å². The van der Waals surface area contributed by atoms with Crippen LogP contribution in [0.15, 0.2) is 29.2 Å². The van der Waals surface area contributed by atoms with Crippen LogP contribution in [0.5, 0.6) is 0 Å². The summed E-state index contributed by atoms with van der Waals surface area (Å²) in [6.45, 7) is 7.34. The second-order valence-electron chi connectivity index (χ2n) is 8.15. The molecule has 0 aliphatic carbocycles. The van der Waals surface area contributed by atoms with Crippen molar-refractivity contribution >= 4 is 44.8 Å². The summed E-state index contributed by atoms with van der Waals surface area (Å²) in [5.41, 5.74) is 1.49. The molecule has 10 heteroatoms. The van der Waals surface area contributed by atoms with Crippen molar-refractivity contribution < 1.29 is 13.2 Å². The molecular formula is C21H29ClN4O3S2. The SMILES string of the molecule is CC(C)N1CCc2nc(NC(=O)c3ccc(S(=O)(=O)N4CCCCC4)cc3)sc2C1.Cl. The molecule has 1 saturated heterocycles. The fourth-order valence-electron chi connectivity index (χ4n) is 3.91. The van der Waals surface area contributed by atoms with Crippen LogP contribution >= 0.6 is 23.7 Å². The number of aromatic nitrogens is 1. The zero-order chi connectivity index (χ0) is 21.3. The second-order valence-corrected chi connectivity index (χ2v) is 11.2. The Labute approximate surface area is 194 Å². The molecule has 7 nitrogen and oxygen atoms in total. The minimum Gasteiger partial charge on any atom is -0.298 e. The van der Waals surface area contributed by atoms with Crippen molar-refractivity contribution in [3.05, 3.63) is 40.4 Å². The summed E-state index contributed by atoms with van der Waals surface area (Å²) in [4.78, 5) is 21.1. The highest BCUT2D eigenvalue weighted by Crippen LogP contribution is 2.29. The van der Waals surface area contributed by atoms with Crippen molar-refractivity contribution in [2.75, 3.05) is 25.0 Å². The van der Waals surface area contributed by atoms with Crippen LogP contribution in [-0.2, 0) is 23.0 Å². The van der Waals surface area contributed by atoms with E-state index in [1.807, 2.05) is 0 Å². The van der Waals surface area contributed by atoms with E-state index in [1.165, 1.54) is 32.7 Å². The Bertz CT molecular complexity index is 1020. The average molecular weight is 485 g/mol. The van der Waals surface area contributed by atoms with E-state index >= 15 is 0 Å². The van der Waals surface area contributed by atoms with E-state index in [-0.39, 0.29) is 23.2 Å². The lowest BCUT2D eigenvalue weighted by Gasteiger charge is -2.29. The van der Waals surface area contributed by atoms with Gasteiger partial charge in [-0.25, -0.2) is 13.4 Å². The highest BCUT2D eigenvalue weighted by atomic mass is 35.5. The monoisotopic (exact) mass is 484 g/mol. The van der Waals surface area contributed by atoms with E-state index in [4.69, 9.17) is 0 Å². The fourth-order valence-corrected chi connectivity index (χ4v) is 6.46. The molecule has 1 aromatic carbocycles. The smallest absolute Gasteiger partial charge is 0.257 e. The van der Waals surface area contributed by atoms with Gasteiger partial charge in [-0.15, -0.1) is 23.7 Å². The van der Waals surface area contributed by atoms with Crippen molar-refractivity contribution in [1.82, 2.24) is 14.2 Å². The van der Waals surface area contributed by atoms with Gasteiger partial charge >= 0.3 is 0 Å². The molecule has 1 N–H and O–H groups in total. The summed E-state index contributed by atoms with van der Waals surface area (Å²) in [5, 5.41) is 3.47. The minimum absolute atomic E-state index is 0. The van der Waals surface area contributed by atoms with Crippen molar-refractivity contribution in [3.8, 4) is 0 Å². The normalized spacial score (nSPS) is 17.8. The number of sulfonamides is 1. The molecule has 3 heterocycles. The Morgan fingerprint density at radius 1 is 1.10 bits per heavy atom. The maximum absolute atomic E-state index is 12.8. The Balaban J connectivity index is 0.00000272. The van der Waals surface area contributed by atoms with Crippen molar-refractivity contribution in [2.45, 2.75) is 57.0 Å². The van der Waals surface area contributed by atoms with Gasteiger partial charge in [-0.05, 0) is 51.0 Å². The summed E-state index contributed by atoms with van der Waals surface area (Å²) in [7, 11) is -3.49. The quantitative estimate of drug-likeness (QED) is 0.698. The van der Waals surface area contributed by atoms with E-state index in [0.29, 0.717) is 29.8 Å². The highest BCUT2D eigenvalue weighted by molar-refractivity contribution is 7.89. The van der Waals surface area contributed by atoms with Crippen LogP contribution in [0.1, 0.15) is 54.0 Å². The lowest BCUT2D eigenvalue weighted by atomic mass is 10.1. The van der Waals surface area contributed by atoms with Crippen LogP contribution in [0.3, 0.4) is 0 Å². The Morgan fingerprint density at radius 3 is 2.42 bits per heavy atom. The zero-order valence-electron chi connectivity index (χ0n) is 17.8. The standard InChI is InChI=1S/C21H28N4O3S2.ClH/c1-15(2)24-13-10-18-19(14-24)29-21(22-18)23-20(26)16-6-8-17(9-7-16)30(27,28)25-11-4-3-5-12-25;/h6-9,15H,3-5,10-14H2,1-2H3,(H,22,23,26);1H. The molecule has 1 aromatic heterocycles. The number of anilines is 1. The molecule has 170 valence electrons. The van der Waals surface area contributed by atoms with E-state index in [9.17, 15) is 13.2 Å². The minimum atomic E-state index is -3.49. The van der Waals surface area contributed by atoms with Crippen LogP contribution < -0.4 is 5.32 Å². The molecular weight excluding hydrogens is 456 g/mol. The van der Waals surface area contributed by atoms with Crippen LogP contribution in [0.4, 0.5) is 5.13 Å². The third-order valence-corrected chi connectivity index (χ3v) is 8.69. The number of carbonyl (C=O) groups is 1. The maximum Gasteiger partial charge on any atom is 0.257 e. The third kappa shape index (κ3) is 5.28. The maximum atomic E-state index is 12.8. The summed E-state index contributed by atoms with van der Waals surface area (Å²) in [5.74, 6) is -0.274. The summed E-state index contributed by atoms with van der Waals surface area (Å²) < 4.78 is 27.1. The first-order valence-corrected chi connectivity index (χ1v) is 12.7. The number of rotatable bonds is 5. The van der Waals surface area contributed by atoms with Crippen molar-refractivity contribution in [3.63, 3.8) is 0 Å². The Hall–Kier alpha value is -1.52. The van der Waals surface area contributed by atoms with Crippen molar-refractivity contribution in [2.24, 2.45) is 0 Å². The Morgan fingerprint density at radius 2 is 1.77 bits per heavy atom. The number of thiazole rings is 1. The van der Waals surface area contributed by atoms with Gasteiger partial charge in [0, 0.05) is 49.1 Å². The molecule has 2 aliphatic heterocycles. The number of benzene rings is 1. The molecule has 2 aliphatic rings. The number of hydrogen-bond donors (Lipinski definition) is 1. The lowest BCUT2D eigenvalue weighted by Crippen LogP contribution is -2.35. The summed E-state index contributed by atoms with van der Waals surface area (Å²) in [6.07, 6.45) is 3.75. The van der Waals surface area contributed by atoms with Gasteiger partial charge in [-0.2, -0.15) is 4.31 Å². The number of nitrogens with one attached hydrogen (secondary N) is 1. The second kappa shape index (κ2) is 9.95. The molecule has 0 atom stereocenters. The number of piperidine rings is 1. The molecule has 1 fully saturated rings. The van der Waals surface area contributed by atoms with E-state index in [2.05, 4.69) is 29.0 Å². The fraction of sp³-hybridized carbons (Fsp3) is 0.524. The predicted molar refractivity (Wildman–Crippen MR) is 126 cm³/mol. The number of amides is 1. The number of carbonyl (C=O) groups excluding carboxylic acids is 1. The molecule has 4 rings (SSSR count). The first-order valence-electron chi connectivity index (χ1n) is 10.5. The zero-order valence-corrected chi connectivity index (χ0v) is 20.3. The molecule has 0 spiro atoms. The summed E-state index contributed by atoms with van der Waals surface area (Å²) in [6, 6.07) is 6.66. The van der Waals surface area contributed by atoms with Crippen LogP contribution in [0, 0.1) is 0 Å². The Kier molecular flexibility index (Phi) is 7.75. The van der Waals surface area contributed by atoms with Gasteiger partial charge in [-0.1, -0.05) is 6.42 Å². The van der Waals surface area contributed by atoms with Gasteiger partial charge in [0.25, 0.3) is 5.91 Å². The number of halogens is 1. The van der Waals surface area contributed by atoms with Gasteiger partial charge in [-0.3, -0.25) is 15.0 Å². The predicted octanol–water partition coefficient (Wildman–Crippen LogP) is 3.76. The van der Waals surface area contributed by atoms with E-state index in [0.717, 1.165) is 44.5 Å². The highest BCUT2D eigenvalue weighted by Gasteiger charge is 2.26. The van der Waals surface area contributed by atoms with Crippen LogP contribution in [0.2, 0.25) is 0 Å². The number of nitrogens with zero attached hydrogens (tertiary/aromatic N) is 3. The summed E-state index contributed by atoms with van der Waals surface area (Å²) >= 11 is 1.52. The first-order chi connectivity index (χ1) is 14.3. The van der Waals surface area contributed by atoms with Gasteiger partial charge < -0.3 is 0 Å². The van der Waals surface area contributed by atoms with Crippen LogP contribution in [-0.4, -0.2) is 54.2 Å². The van der Waals surface area contributed by atoms with Gasteiger partial charge in [0.2, 0.25) is 10.0 Å². The topological polar surface area (TPSA) is 82.6 Å². The van der Waals surface area contributed by atoms with Gasteiger partial charge in [0.05, 0.1) is 10.6 Å². The van der Waals surface area contributed by atoms with Crippen molar-refractivity contribution in [1.29, 1.82) is 0 Å². The van der Waals surface area contributed by atoms with E-state index in [1.54, 1.807) is 12.1 Å². The molecule has 0 bridgehead atoms. The lowest BCUT2D eigenvalue weighted by molar-refractivity contribution is 0.102.